The fraction of sp³-hybridized carbons (Fsp3) is 0.368. The van der Waals surface area contributed by atoms with E-state index in [4.69, 9.17) is 0 Å². The molecule has 168 valence electrons. The van der Waals surface area contributed by atoms with Crippen molar-refractivity contribution in [3.8, 4) is 5.75 Å². The Balaban J connectivity index is 1.92. The van der Waals surface area contributed by atoms with E-state index in [0.717, 1.165) is 25.6 Å². The number of likely N-dealkylation sites (N-methyl/N-ethyl adjacent to an activating group) is 1. The van der Waals surface area contributed by atoms with E-state index < -0.39 is 21.6 Å². The summed E-state index contributed by atoms with van der Waals surface area (Å²) in [5.74, 6) is -0.360. The van der Waals surface area contributed by atoms with E-state index in [-0.39, 0.29) is 22.0 Å². The van der Waals surface area contributed by atoms with Gasteiger partial charge in [-0.1, -0.05) is 12.1 Å². The molecule has 0 spiro atoms. The van der Waals surface area contributed by atoms with Gasteiger partial charge >= 0.3 is 6.61 Å². The molecule has 1 saturated heterocycles. The van der Waals surface area contributed by atoms with Crippen LogP contribution in [-0.2, 0) is 10.0 Å². The van der Waals surface area contributed by atoms with Crippen molar-refractivity contribution in [2.45, 2.75) is 17.9 Å². The average molecular weight is 456 g/mol. The fourth-order valence-corrected chi connectivity index (χ4v) is 4.41. The first-order chi connectivity index (χ1) is 14.7. The molecule has 3 rings (SSSR count). The predicted molar refractivity (Wildman–Crippen MR) is 111 cm³/mol. The number of alkyl halides is 2. The molecule has 0 aromatic heterocycles. The smallest absolute Gasteiger partial charge is 0.387 e. The number of benzene rings is 2. The Labute approximate surface area is 178 Å². The minimum Gasteiger partial charge on any atom is -0.433 e. The van der Waals surface area contributed by atoms with E-state index in [1.54, 1.807) is 0 Å². The van der Waals surface area contributed by atoms with Crippen molar-refractivity contribution in [3.05, 3.63) is 52.6 Å². The van der Waals surface area contributed by atoms with Crippen LogP contribution in [0.2, 0.25) is 0 Å². The number of rotatable bonds is 7. The summed E-state index contributed by atoms with van der Waals surface area (Å²) in [5, 5.41) is 11.7. The molecule has 31 heavy (non-hydrogen) atoms. The van der Waals surface area contributed by atoms with Gasteiger partial charge in [0.25, 0.3) is 15.7 Å². The number of nitro groups is 1. The summed E-state index contributed by atoms with van der Waals surface area (Å²) < 4.78 is 57.3. The maximum atomic E-state index is 12.8. The molecule has 2 aromatic carbocycles. The number of para-hydroxylation sites is 2. The molecule has 1 heterocycles. The van der Waals surface area contributed by atoms with Crippen molar-refractivity contribution in [1.82, 2.24) is 4.90 Å². The van der Waals surface area contributed by atoms with Crippen LogP contribution < -0.4 is 14.4 Å². The van der Waals surface area contributed by atoms with Crippen molar-refractivity contribution in [2.75, 3.05) is 42.8 Å². The minimum absolute atomic E-state index is 0.204. The van der Waals surface area contributed by atoms with Crippen LogP contribution in [0, 0.1) is 10.1 Å². The molecule has 12 heteroatoms. The standard InChI is InChI=1S/C19H22F2N4O5S/c1-23-9-4-10-24(12-11-23)16-8-7-14(13-17(16)25(26)27)31(28,29)22-15-5-2-3-6-18(15)30-19(20)21/h2-3,5-8,13,19,22H,4,9-12H2,1H3. The van der Waals surface area contributed by atoms with Crippen LogP contribution in [0.15, 0.2) is 47.4 Å². The molecular weight excluding hydrogens is 434 g/mol. The predicted octanol–water partition coefficient (Wildman–Crippen LogP) is 3.14. The van der Waals surface area contributed by atoms with Gasteiger partial charge in [0.15, 0.2) is 0 Å². The molecule has 0 atom stereocenters. The number of halogens is 2. The van der Waals surface area contributed by atoms with Gasteiger partial charge in [0.2, 0.25) is 0 Å². The minimum atomic E-state index is -4.30. The van der Waals surface area contributed by atoms with Gasteiger partial charge in [0, 0.05) is 25.7 Å². The molecule has 0 amide bonds. The van der Waals surface area contributed by atoms with Crippen LogP contribution in [0.4, 0.5) is 25.8 Å². The Bertz CT molecular complexity index is 1050. The summed E-state index contributed by atoms with van der Waals surface area (Å²) in [6.07, 6.45) is 0.816. The summed E-state index contributed by atoms with van der Waals surface area (Å²) in [4.78, 5) is 14.7. The number of nitro benzene ring substituents is 1. The first kappa shape index (κ1) is 22.7. The van der Waals surface area contributed by atoms with E-state index in [1.807, 2.05) is 11.9 Å². The molecule has 0 aliphatic carbocycles. The number of ether oxygens (including phenoxy) is 1. The van der Waals surface area contributed by atoms with E-state index >= 15 is 0 Å². The number of anilines is 2. The van der Waals surface area contributed by atoms with Gasteiger partial charge in [-0.15, -0.1) is 0 Å². The van der Waals surface area contributed by atoms with Gasteiger partial charge in [-0.2, -0.15) is 8.78 Å². The number of sulfonamides is 1. The van der Waals surface area contributed by atoms with Crippen molar-refractivity contribution in [2.24, 2.45) is 0 Å². The Kier molecular flexibility index (Phi) is 6.91. The highest BCUT2D eigenvalue weighted by atomic mass is 32.2. The number of nitrogens with one attached hydrogen (secondary N) is 1. The average Bonchev–Trinajstić information content (AvgIpc) is 2.93. The second-order valence-electron chi connectivity index (χ2n) is 7.03. The summed E-state index contributed by atoms with van der Waals surface area (Å²) in [7, 11) is -2.33. The molecule has 1 fully saturated rings. The maximum Gasteiger partial charge on any atom is 0.387 e. The molecule has 0 saturated carbocycles. The van der Waals surface area contributed by atoms with Crippen LogP contribution in [0.3, 0.4) is 0 Å². The Morgan fingerprint density at radius 1 is 1.13 bits per heavy atom. The normalized spacial score (nSPS) is 15.5. The van der Waals surface area contributed by atoms with E-state index in [2.05, 4.69) is 14.4 Å². The Morgan fingerprint density at radius 3 is 2.58 bits per heavy atom. The zero-order valence-corrected chi connectivity index (χ0v) is 17.5. The third kappa shape index (κ3) is 5.58. The van der Waals surface area contributed by atoms with Gasteiger partial charge < -0.3 is 14.5 Å². The zero-order chi connectivity index (χ0) is 22.6. The molecule has 2 aromatic rings. The van der Waals surface area contributed by atoms with Gasteiger partial charge in [0.05, 0.1) is 15.5 Å². The fourth-order valence-electron chi connectivity index (χ4n) is 3.32. The van der Waals surface area contributed by atoms with Crippen molar-refractivity contribution in [1.29, 1.82) is 0 Å². The van der Waals surface area contributed by atoms with Crippen LogP contribution in [-0.4, -0.2) is 58.1 Å². The lowest BCUT2D eigenvalue weighted by atomic mass is 10.2. The zero-order valence-electron chi connectivity index (χ0n) is 16.7. The molecule has 1 aliphatic rings. The number of hydrogen-bond donors (Lipinski definition) is 1. The largest absolute Gasteiger partial charge is 0.433 e. The number of nitrogens with zero attached hydrogens (tertiary/aromatic N) is 3. The lowest BCUT2D eigenvalue weighted by molar-refractivity contribution is -0.384. The van der Waals surface area contributed by atoms with Crippen LogP contribution in [0.5, 0.6) is 5.75 Å². The summed E-state index contributed by atoms with van der Waals surface area (Å²) >= 11 is 0. The van der Waals surface area contributed by atoms with E-state index in [1.165, 1.54) is 36.4 Å². The highest BCUT2D eigenvalue weighted by molar-refractivity contribution is 7.92. The summed E-state index contributed by atoms with van der Waals surface area (Å²) in [5.41, 5.74) is -0.213. The molecular formula is C19H22F2N4O5S. The lowest BCUT2D eigenvalue weighted by Gasteiger charge is -2.23. The summed E-state index contributed by atoms with van der Waals surface area (Å²) in [6.45, 7) is -0.382. The van der Waals surface area contributed by atoms with Gasteiger partial charge in [0.1, 0.15) is 11.4 Å². The summed E-state index contributed by atoms with van der Waals surface area (Å²) in [6, 6.07) is 8.93. The van der Waals surface area contributed by atoms with E-state index in [0.29, 0.717) is 18.8 Å². The second kappa shape index (κ2) is 9.43. The topological polar surface area (TPSA) is 105 Å². The molecule has 0 bridgehead atoms. The van der Waals surface area contributed by atoms with Gasteiger partial charge in [-0.05, 0) is 44.3 Å². The monoisotopic (exact) mass is 456 g/mol. The quantitative estimate of drug-likeness (QED) is 0.504. The van der Waals surface area contributed by atoms with Gasteiger partial charge in [-0.25, -0.2) is 8.42 Å². The third-order valence-corrected chi connectivity index (χ3v) is 6.22. The Morgan fingerprint density at radius 2 is 1.87 bits per heavy atom. The molecule has 0 unspecified atom stereocenters. The van der Waals surface area contributed by atoms with Crippen molar-refractivity contribution >= 4 is 27.1 Å². The second-order valence-corrected chi connectivity index (χ2v) is 8.71. The highest BCUT2D eigenvalue weighted by Crippen LogP contribution is 2.33. The van der Waals surface area contributed by atoms with Crippen LogP contribution in [0.1, 0.15) is 6.42 Å². The SMILES string of the molecule is CN1CCCN(c2ccc(S(=O)(=O)Nc3ccccc3OC(F)F)cc2[N+](=O)[O-])CC1. The first-order valence-corrected chi connectivity index (χ1v) is 10.9. The Hall–Kier alpha value is -2.99. The van der Waals surface area contributed by atoms with Gasteiger partial charge in [-0.3, -0.25) is 14.8 Å². The van der Waals surface area contributed by atoms with Crippen molar-refractivity contribution in [3.63, 3.8) is 0 Å². The van der Waals surface area contributed by atoms with E-state index in [9.17, 15) is 27.3 Å². The first-order valence-electron chi connectivity index (χ1n) is 9.46. The van der Waals surface area contributed by atoms with Crippen LogP contribution >= 0.6 is 0 Å². The highest BCUT2D eigenvalue weighted by Gasteiger charge is 2.26. The third-order valence-electron chi connectivity index (χ3n) is 4.86. The van der Waals surface area contributed by atoms with Crippen molar-refractivity contribution < 1.29 is 26.9 Å². The molecule has 1 N–H and O–H groups in total. The molecule has 9 nitrogen and oxygen atoms in total. The van der Waals surface area contributed by atoms with Crippen LogP contribution in [0.25, 0.3) is 0 Å². The molecule has 0 radical (unpaired) electrons. The maximum absolute atomic E-state index is 12.8. The molecule has 1 aliphatic heterocycles. The lowest BCUT2D eigenvalue weighted by Crippen LogP contribution is -2.29. The number of hydrogen-bond acceptors (Lipinski definition) is 7.